The van der Waals surface area contributed by atoms with E-state index in [4.69, 9.17) is 10.7 Å². The summed E-state index contributed by atoms with van der Waals surface area (Å²) < 4.78 is 0. The third kappa shape index (κ3) is 7.33. The number of amides is 2. The third-order valence-corrected chi connectivity index (χ3v) is 6.20. The van der Waals surface area contributed by atoms with Crippen molar-refractivity contribution in [1.29, 1.82) is 0 Å². The highest BCUT2D eigenvalue weighted by Crippen LogP contribution is 2.25. The number of primary amides is 1. The Kier molecular flexibility index (Phi) is 9.76. The number of aromatic nitrogens is 2. The number of carbonyl (C=O) groups excluding carboxylic acids is 2. The zero-order chi connectivity index (χ0) is 23.9. The number of hydrogen-bond acceptors (Lipinski definition) is 7. The minimum atomic E-state index is -0.326. The molecule has 1 saturated heterocycles. The number of nitrogens with zero attached hydrogens (tertiary/aromatic N) is 3. The zero-order valence-electron chi connectivity index (χ0n) is 20.4. The molecule has 0 aliphatic carbocycles. The summed E-state index contributed by atoms with van der Waals surface area (Å²) in [5, 5.41) is 6.65. The third-order valence-electron chi connectivity index (χ3n) is 5.50. The maximum absolute atomic E-state index is 13.8. The van der Waals surface area contributed by atoms with Crippen molar-refractivity contribution in [2.75, 3.05) is 43.5 Å². The highest BCUT2D eigenvalue weighted by atomic mass is 32.2. The predicted molar refractivity (Wildman–Crippen MR) is 132 cm³/mol. The Bertz CT molecular complexity index is 780. The monoisotopic (exact) mass is 464 g/mol. The average molecular weight is 465 g/mol. The van der Waals surface area contributed by atoms with E-state index in [1.807, 2.05) is 4.90 Å². The largest absolute Gasteiger partial charge is 0.369 e. The van der Waals surface area contributed by atoms with Crippen molar-refractivity contribution in [3.05, 3.63) is 17.6 Å². The lowest BCUT2D eigenvalue weighted by Crippen LogP contribution is -2.54. The van der Waals surface area contributed by atoms with E-state index >= 15 is 0 Å². The normalized spacial score (nSPS) is 19.1. The molecule has 2 amide bonds. The van der Waals surface area contributed by atoms with Crippen LogP contribution in [-0.2, 0) is 10.2 Å². The molecule has 1 aliphatic rings. The smallest absolute Gasteiger partial charge is 0.259 e. The van der Waals surface area contributed by atoms with Gasteiger partial charge in [0.15, 0.2) is 0 Å². The van der Waals surface area contributed by atoms with Gasteiger partial charge < -0.3 is 21.3 Å². The molecule has 1 aromatic heterocycles. The summed E-state index contributed by atoms with van der Waals surface area (Å²) >= 11 is 1.80. The van der Waals surface area contributed by atoms with Crippen LogP contribution < -0.4 is 16.4 Å². The molecule has 4 N–H and O–H groups in total. The van der Waals surface area contributed by atoms with Gasteiger partial charge in [-0.25, -0.2) is 9.97 Å². The molecule has 2 rings (SSSR count). The second kappa shape index (κ2) is 11.8. The zero-order valence-corrected chi connectivity index (χ0v) is 21.2. The van der Waals surface area contributed by atoms with Crippen LogP contribution in [-0.4, -0.2) is 70.9 Å². The predicted octanol–water partition coefficient (Wildman–Crippen LogP) is 2.50. The van der Waals surface area contributed by atoms with Crippen molar-refractivity contribution in [3.63, 3.8) is 0 Å². The molecular formula is C23H40N6O2S. The van der Waals surface area contributed by atoms with Crippen molar-refractivity contribution in [1.82, 2.24) is 20.2 Å². The molecule has 32 heavy (non-hydrogen) atoms. The van der Waals surface area contributed by atoms with E-state index in [9.17, 15) is 9.59 Å². The fraction of sp³-hybridized carbons (Fsp3) is 0.739. The Balaban J connectivity index is 2.36. The van der Waals surface area contributed by atoms with Crippen LogP contribution in [0.25, 0.3) is 0 Å². The standard InChI is InChI=1S/C23H40N6O2S/c1-15(2)14-29(17-10-16(19(24)30)11-25-12-17)21(31)18-13-27-22(23(3,4)5)28-20(18)26-8-7-9-32-6/h13,15-17,25H,7-12,14H2,1-6H3,(H2,24,30)(H,26,27,28). The quantitative estimate of drug-likeness (QED) is 0.456. The van der Waals surface area contributed by atoms with Crippen molar-refractivity contribution in [2.24, 2.45) is 17.6 Å². The van der Waals surface area contributed by atoms with Crippen LogP contribution in [0.15, 0.2) is 6.20 Å². The Morgan fingerprint density at radius 1 is 1.34 bits per heavy atom. The van der Waals surface area contributed by atoms with E-state index in [1.165, 1.54) is 0 Å². The summed E-state index contributed by atoms with van der Waals surface area (Å²) in [6.45, 7) is 12.9. The SMILES string of the molecule is CSCCCNc1nc(C(C)(C)C)ncc1C(=O)N(CC(C)C)C1CNCC(C(N)=O)C1. The van der Waals surface area contributed by atoms with Gasteiger partial charge in [-0.15, -0.1) is 0 Å². The van der Waals surface area contributed by atoms with Gasteiger partial charge in [0.2, 0.25) is 5.91 Å². The molecule has 2 unspecified atom stereocenters. The summed E-state index contributed by atoms with van der Waals surface area (Å²) in [7, 11) is 0. The van der Waals surface area contributed by atoms with Gasteiger partial charge in [0.1, 0.15) is 17.2 Å². The molecular weight excluding hydrogens is 424 g/mol. The van der Waals surface area contributed by atoms with Crippen LogP contribution in [0.5, 0.6) is 0 Å². The number of carbonyl (C=O) groups is 2. The van der Waals surface area contributed by atoms with Crippen LogP contribution in [0.4, 0.5) is 5.82 Å². The molecule has 1 aliphatic heterocycles. The van der Waals surface area contributed by atoms with E-state index in [-0.39, 0.29) is 35.1 Å². The van der Waals surface area contributed by atoms with Gasteiger partial charge in [-0.05, 0) is 30.8 Å². The maximum Gasteiger partial charge on any atom is 0.259 e. The Morgan fingerprint density at radius 2 is 2.06 bits per heavy atom. The molecule has 9 heteroatoms. The molecule has 0 radical (unpaired) electrons. The van der Waals surface area contributed by atoms with E-state index in [1.54, 1.807) is 18.0 Å². The Hall–Kier alpha value is -1.87. The fourth-order valence-corrected chi connectivity index (χ4v) is 4.21. The molecule has 180 valence electrons. The van der Waals surface area contributed by atoms with E-state index < -0.39 is 0 Å². The lowest BCUT2D eigenvalue weighted by molar-refractivity contribution is -0.122. The molecule has 2 heterocycles. The summed E-state index contributed by atoms with van der Waals surface area (Å²) in [4.78, 5) is 36.7. The van der Waals surface area contributed by atoms with Gasteiger partial charge in [0.05, 0.1) is 5.92 Å². The highest BCUT2D eigenvalue weighted by Gasteiger charge is 2.34. The lowest BCUT2D eigenvalue weighted by Gasteiger charge is -2.38. The second-order valence-corrected chi connectivity index (χ2v) is 11.0. The van der Waals surface area contributed by atoms with Gasteiger partial charge in [-0.1, -0.05) is 34.6 Å². The minimum Gasteiger partial charge on any atom is -0.369 e. The van der Waals surface area contributed by atoms with E-state index in [0.29, 0.717) is 43.3 Å². The summed E-state index contributed by atoms with van der Waals surface area (Å²) in [6, 6.07) is -0.109. The van der Waals surface area contributed by atoms with Gasteiger partial charge in [-0.3, -0.25) is 9.59 Å². The molecule has 0 saturated carbocycles. The van der Waals surface area contributed by atoms with E-state index in [0.717, 1.165) is 18.7 Å². The molecule has 1 fully saturated rings. The summed E-state index contributed by atoms with van der Waals surface area (Å²) in [5.74, 6) is 1.89. The topological polar surface area (TPSA) is 113 Å². The first-order valence-electron chi connectivity index (χ1n) is 11.5. The molecule has 2 atom stereocenters. The Labute approximate surface area is 196 Å². The molecule has 0 bridgehead atoms. The minimum absolute atomic E-state index is 0.108. The summed E-state index contributed by atoms with van der Waals surface area (Å²) in [5.41, 5.74) is 5.82. The number of thioether (sulfide) groups is 1. The first-order valence-corrected chi connectivity index (χ1v) is 12.8. The van der Waals surface area contributed by atoms with Gasteiger partial charge in [0, 0.05) is 43.8 Å². The number of piperidine rings is 1. The van der Waals surface area contributed by atoms with Crippen molar-refractivity contribution in [3.8, 4) is 0 Å². The van der Waals surface area contributed by atoms with Gasteiger partial charge in [-0.2, -0.15) is 11.8 Å². The molecule has 8 nitrogen and oxygen atoms in total. The van der Waals surface area contributed by atoms with E-state index in [2.05, 4.69) is 56.5 Å². The van der Waals surface area contributed by atoms with Gasteiger partial charge >= 0.3 is 0 Å². The molecule has 1 aromatic rings. The maximum atomic E-state index is 13.8. The van der Waals surface area contributed by atoms with Crippen LogP contribution >= 0.6 is 11.8 Å². The Morgan fingerprint density at radius 3 is 2.66 bits per heavy atom. The van der Waals surface area contributed by atoms with Crippen LogP contribution in [0.1, 0.15) is 63.6 Å². The number of nitrogens with two attached hydrogens (primary N) is 1. The molecule has 0 aromatic carbocycles. The van der Waals surface area contributed by atoms with Crippen molar-refractivity contribution >= 4 is 29.4 Å². The number of nitrogens with one attached hydrogen (secondary N) is 2. The number of anilines is 1. The molecule has 0 spiro atoms. The van der Waals surface area contributed by atoms with Crippen molar-refractivity contribution < 1.29 is 9.59 Å². The first-order chi connectivity index (χ1) is 15.0. The highest BCUT2D eigenvalue weighted by molar-refractivity contribution is 7.98. The van der Waals surface area contributed by atoms with Crippen LogP contribution in [0.3, 0.4) is 0 Å². The van der Waals surface area contributed by atoms with Crippen LogP contribution in [0, 0.1) is 11.8 Å². The average Bonchev–Trinajstić information content (AvgIpc) is 2.73. The van der Waals surface area contributed by atoms with Gasteiger partial charge in [0.25, 0.3) is 5.91 Å². The van der Waals surface area contributed by atoms with Crippen molar-refractivity contribution in [2.45, 2.75) is 58.9 Å². The second-order valence-electron chi connectivity index (χ2n) is 9.98. The number of rotatable bonds is 10. The fourth-order valence-electron chi connectivity index (χ4n) is 3.78. The lowest BCUT2D eigenvalue weighted by atomic mass is 9.93. The first kappa shape index (κ1) is 26.4. The summed E-state index contributed by atoms with van der Waals surface area (Å²) in [6.07, 6.45) is 5.28. The number of hydrogen-bond donors (Lipinski definition) is 3. The van der Waals surface area contributed by atoms with Crippen LogP contribution in [0.2, 0.25) is 0 Å².